The third-order valence-corrected chi connectivity index (χ3v) is 3.44. The summed E-state index contributed by atoms with van der Waals surface area (Å²) in [7, 11) is 0. The molecular formula is C13H16ClN3S. The van der Waals surface area contributed by atoms with Gasteiger partial charge in [0, 0.05) is 19.0 Å². The predicted octanol–water partition coefficient (Wildman–Crippen LogP) is 3.80. The van der Waals surface area contributed by atoms with E-state index in [9.17, 15) is 0 Å². The van der Waals surface area contributed by atoms with E-state index in [1.54, 1.807) is 17.4 Å². The van der Waals surface area contributed by atoms with Crippen molar-refractivity contribution >= 4 is 28.8 Å². The van der Waals surface area contributed by atoms with E-state index in [4.69, 9.17) is 11.6 Å². The van der Waals surface area contributed by atoms with Crippen molar-refractivity contribution in [2.75, 3.05) is 11.9 Å². The summed E-state index contributed by atoms with van der Waals surface area (Å²) < 4.78 is 0. The van der Waals surface area contributed by atoms with E-state index < -0.39 is 0 Å². The topological polar surface area (TPSA) is 37.8 Å². The Morgan fingerprint density at radius 2 is 2.22 bits per heavy atom. The van der Waals surface area contributed by atoms with E-state index in [-0.39, 0.29) is 0 Å². The zero-order valence-corrected chi connectivity index (χ0v) is 11.9. The van der Waals surface area contributed by atoms with Gasteiger partial charge in [-0.1, -0.05) is 18.5 Å². The van der Waals surface area contributed by atoms with E-state index in [1.807, 2.05) is 0 Å². The van der Waals surface area contributed by atoms with Crippen molar-refractivity contribution in [1.82, 2.24) is 9.97 Å². The third-order valence-electron chi connectivity index (χ3n) is 2.51. The van der Waals surface area contributed by atoms with Crippen molar-refractivity contribution < 1.29 is 0 Å². The lowest BCUT2D eigenvalue weighted by Crippen LogP contribution is -2.08. The van der Waals surface area contributed by atoms with Crippen LogP contribution in [0, 0.1) is 0 Å². The second-order valence-electron chi connectivity index (χ2n) is 4.05. The number of hydrogen-bond acceptors (Lipinski definition) is 4. The fourth-order valence-electron chi connectivity index (χ4n) is 1.66. The minimum Gasteiger partial charge on any atom is -0.370 e. The minimum absolute atomic E-state index is 0.506. The van der Waals surface area contributed by atoms with Crippen LogP contribution in [0.25, 0.3) is 0 Å². The zero-order chi connectivity index (χ0) is 12.8. The van der Waals surface area contributed by atoms with Crippen molar-refractivity contribution in [2.45, 2.75) is 26.2 Å². The molecule has 1 N–H and O–H groups in total. The van der Waals surface area contributed by atoms with Gasteiger partial charge in [-0.05, 0) is 35.2 Å². The molecule has 0 aliphatic carbocycles. The van der Waals surface area contributed by atoms with Crippen LogP contribution in [0.1, 0.15) is 24.7 Å². The van der Waals surface area contributed by atoms with Crippen molar-refractivity contribution in [3.8, 4) is 0 Å². The standard InChI is InChI=1S/C13H16ClN3S/c1-2-3-12-16-11(14)8-13(17-12)15-6-4-10-5-7-18-9-10/h5,7-9H,2-4,6H2,1H3,(H,15,16,17). The summed E-state index contributed by atoms with van der Waals surface area (Å²) in [6.07, 6.45) is 2.88. The van der Waals surface area contributed by atoms with Crippen LogP contribution in [-0.2, 0) is 12.8 Å². The number of thiophene rings is 1. The normalized spacial score (nSPS) is 10.6. The number of nitrogens with one attached hydrogen (secondary N) is 1. The van der Waals surface area contributed by atoms with Crippen molar-refractivity contribution in [2.24, 2.45) is 0 Å². The summed E-state index contributed by atoms with van der Waals surface area (Å²) >= 11 is 7.70. The molecule has 0 radical (unpaired) electrons. The first-order valence-corrected chi connectivity index (χ1v) is 7.38. The van der Waals surface area contributed by atoms with Gasteiger partial charge in [0.1, 0.15) is 16.8 Å². The van der Waals surface area contributed by atoms with E-state index in [0.29, 0.717) is 5.15 Å². The molecule has 0 atom stereocenters. The van der Waals surface area contributed by atoms with Gasteiger partial charge in [0.25, 0.3) is 0 Å². The Balaban J connectivity index is 1.92. The Morgan fingerprint density at radius 3 is 2.94 bits per heavy atom. The molecule has 0 bridgehead atoms. The average molecular weight is 282 g/mol. The molecule has 0 aliphatic heterocycles. The molecule has 0 saturated carbocycles. The number of rotatable bonds is 6. The van der Waals surface area contributed by atoms with Gasteiger partial charge < -0.3 is 5.32 Å². The maximum atomic E-state index is 5.97. The van der Waals surface area contributed by atoms with Gasteiger partial charge in [0.15, 0.2) is 0 Å². The molecule has 0 amide bonds. The lowest BCUT2D eigenvalue weighted by molar-refractivity contribution is 0.833. The van der Waals surface area contributed by atoms with Crippen molar-refractivity contribution in [1.29, 1.82) is 0 Å². The maximum absolute atomic E-state index is 5.97. The molecule has 18 heavy (non-hydrogen) atoms. The summed E-state index contributed by atoms with van der Waals surface area (Å²) in [5.74, 6) is 1.62. The first-order chi connectivity index (χ1) is 8.78. The summed E-state index contributed by atoms with van der Waals surface area (Å²) in [4.78, 5) is 8.64. The highest BCUT2D eigenvalue weighted by atomic mass is 35.5. The molecule has 2 aromatic rings. The van der Waals surface area contributed by atoms with Crippen LogP contribution in [0.5, 0.6) is 0 Å². The molecule has 0 saturated heterocycles. The number of hydrogen-bond donors (Lipinski definition) is 1. The molecule has 0 unspecified atom stereocenters. The Labute approximate surface area is 116 Å². The van der Waals surface area contributed by atoms with E-state index in [1.165, 1.54) is 5.56 Å². The lowest BCUT2D eigenvalue weighted by atomic mass is 10.2. The Hall–Kier alpha value is -1.13. The summed E-state index contributed by atoms with van der Waals surface area (Å²) in [5.41, 5.74) is 1.35. The minimum atomic E-state index is 0.506. The third kappa shape index (κ3) is 3.96. The highest BCUT2D eigenvalue weighted by molar-refractivity contribution is 7.07. The number of halogens is 1. The van der Waals surface area contributed by atoms with Crippen LogP contribution < -0.4 is 5.32 Å². The fraction of sp³-hybridized carbons (Fsp3) is 0.385. The van der Waals surface area contributed by atoms with Gasteiger partial charge in [-0.25, -0.2) is 9.97 Å². The average Bonchev–Trinajstić information content (AvgIpc) is 2.82. The molecule has 0 aliphatic rings. The molecule has 96 valence electrons. The summed E-state index contributed by atoms with van der Waals surface area (Å²) in [5, 5.41) is 8.05. The van der Waals surface area contributed by atoms with Crippen molar-refractivity contribution in [3.05, 3.63) is 39.4 Å². The second-order valence-corrected chi connectivity index (χ2v) is 5.22. The van der Waals surface area contributed by atoms with Gasteiger partial charge in [0.05, 0.1) is 0 Å². The van der Waals surface area contributed by atoms with Crippen LogP contribution in [-0.4, -0.2) is 16.5 Å². The first-order valence-electron chi connectivity index (χ1n) is 6.06. The molecule has 0 spiro atoms. The molecule has 5 heteroatoms. The predicted molar refractivity (Wildman–Crippen MR) is 77.5 cm³/mol. The van der Waals surface area contributed by atoms with Crippen LogP contribution in [0.15, 0.2) is 22.9 Å². The molecule has 2 aromatic heterocycles. The van der Waals surface area contributed by atoms with Gasteiger partial charge in [-0.15, -0.1) is 0 Å². The van der Waals surface area contributed by atoms with E-state index in [0.717, 1.165) is 37.4 Å². The van der Waals surface area contributed by atoms with Crippen LogP contribution >= 0.6 is 22.9 Å². The van der Waals surface area contributed by atoms with Gasteiger partial charge in [-0.3, -0.25) is 0 Å². The largest absolute Gasteiger partial charge is 0.370 e. The number of nitrogens with zero attached hydrogens (tertiary/aromatic N) is 2. The highest BCUT2D eigenvalue weighted by Crippen LogP contribution is 2.13. The molecule has 2 heterocycles. The van der Waals surface area contributed by atoms with Gasteiger partial charge in [-0.2, -0.15) is 11.3 Å². The molecule has 0 fully saturated rings. The molecule has 2 rings (SSSR count). The smallest absolute Gasteiger partial charge is 0.134 e. The van der Waals surface area contributed by atoms with Crippen LogP contribution in [0.4, 0.5) is 5.82 Å². The molecule has 3 nitrogen and oxygen atoms in total. The van der Waals surface area contributed by atoms with Gasteiger partial charge >= 0.3 is 0 Å². The summed E-state index contributed by atoms with van der Waals surface area (Å²) in [6, 6.07) is 3.91. The fourth-order valence-corrected chi connectivity index (χ4v) is 2.56. The van der Waals surface area contributed by atoms with E-state index >= 15 is 0 Å². The van der Waals surface area contributed by atoms with Gasteiger partial charge in [0.2, 0.25) is 0 Å². The van der Waals surface area contributed by atoms with Crippen molar-refractivity contribution in [3.63, 3.8) is 0 Å². The Kier molecular flexibility index (Phi) is 4.96. The van der Waals surface area contributed by atoms with Crippen LogP contribution in [0.2, 0.25) is 5.15 Å². The molecule has 0 aromatic carbocycles. The SMILES string of the molecule is CCCc1nc(Cl)cc(NCCc2ccsc2)n1. The number of aromatic nitrogens is 2. The zero-order valence-electron chi connectivity index (χ0n) is 10.3. The second kappa shape index (κ2) is 6.71. The quantitative estimate of drug-likeness (QED) is 0.819. The highest BCUT2D eigenvalue weighted by Gasteiger charge is 2.02. The Morgan fingerprint density at radius 1 is 1.33 bits per heavy atom. The number of aryl methyl sites for hydroxylation is 1. The lowest BCUT2D eigenvalue weighted by Gasteiger charge is -2.07. The van der Waals surface area contributed by atoms with E-state index in [2.05, 4.69) is 39.0 Å². The molecular weight excluding hydrogens is 266 g/mol. The maximum Gasteiger partial charge on any atom is 0.134 e. The first kappa shape index (κ1) is 13.3. The monoisotopic (exact) mass is 281 g/mol. The number of anilines is 1. The van der Waals surface area contributed by atoms with Crippen LogP contribution in [0.3, 0.4) is 0 Å². The Bertz CT molecular complexity index is 485. The summed E-state index contributed by atoms with van der Waals surface area (Å²) in [6.45, 7) is 2.96.